The predicted octanol–water partition coefficient (Wildman–Crippen LogP) is 14.2. The summed E-state index contributed by atoms with van der Waals surface area (Å²) in [6.07, 6.45) is 25.7. The van der Waals surface area contributed by atoms with Crippen molar-refractivity contribution in [2.75, 3.05) is 0 Å². The number of terminal acetylenes is 4. The van der Waals surface area contributed by atoms with Gasteiger partial charge in [0.25, 0.3) is 16.1 Å². The molecule has 0 saturated heterocycles. The van der Waals surface area contributed by atoms with E-state index >= 15 is 0 Å². The van der Waals surface area contributed by atoms with Crippen LogP contribution in [0.5, 0.6) is 0 Å². The molecule has 2 heteroatoms. The molecule has 0 saturated carbocycles. The van der Waals surface area contributed by atoms with Crippen LogP contribution >= 0.6 is 0 Å². The minimum Gasteiger partial charge on any atom is -0.125 e. The molecule has 0 radical (unpaired) electrons. The molecule has 0 fully saturated rings. The van der Waals surface area contributed by atoms with Crippen molar-refractivity contribution in [2.24, 2.45) is 0 Å². The zero-order valence-corrected chi connectivity index (χ0v) is 38.4. The van der Waals surface area contributed by atoms with Crippen molar-refractivity contribution in [1.82, 2.24) is 0 Å². The molecule has 8 aromatic carbocycles. The third-order valence-corrected chi connectivity index (χ3v) is 19.3. The van der Waals surface area contributed by atoms with Crippen LogP contribution in [0.2, 0.25) is 0 Å². The third kappa shape index (κ3) is 7.54. The highest BCUT2D eigenvalue weighted by atomic mass is 28.3. The zero-order valence-electron chi connectivity index (χ0n) is 36.4. The maximum atomic E-state index is 6.42. The summed E-state index contributed by atoms with van der Waals surface area (Å²) in [5.74, 6) is 0. The minimum absolute atomic E-state index is 1.10. The summed E-state index contributed by atoms with van der Waals surface area (Å²) >= 11 is 0. The van der Waals surface area contributed by atoms with Crippen molar-refractivity contribution < 1.29 is 0 Å². The second kappa shape index (κ2) is 19.0. The highest BCUT2D eigenvalue weighted by molar-refractivity contribution is 7.24. The zero-order chi connectivity index (χ0) is 45.4. The third-order valence-electron chi connectivity index (χ3n) is 12.4. The van der Waals surface area contributed by atoms with Crippen LogP contribution in [-0.4, -0.2) is 16.1 Å². The molecule has 0 aliphatic carbocycles. The Morgan fingerprint density at radius 1 is 0.197 bits per heavy atom. The highest BCUT2D eigenvalue weighted by Crippen LogP contribution is 2.56. The average Bonchev–Trinajstić information content (AvgIpc) is 3.90. The number of benzene rings is 8. The highest BCUT2D eigenvalue weighted by Gasteiger charge is 2.51. The molecule has 2 aliphatic heterocycles. The van der Waals surface area contributed by atoms with E-state index in [4.69, 9.17) is 25.7 Å². The van der Waals surface area contributed by atoms with Gasteiger partial charge in [0, 0.05) is 0 Å². The van der Waals surface area contributed by atoms with Gasteiger partial charge in [-0.1, -0.05) is 243 Å². The fourth-order valence-electron chi connectivity index (χ4n) is 9.60. The SMILES string of the molecule is C#C[Si]1(C#C)C(c2ccccc2)=C(c2ccccc2)C(c2ccccc2)=C1c1ccccc1.C#C[Si]1(C#C)C(c2ccccc2)=C(c2ccccc2)C(c2ccccc2)=C1c1ccccc1. The lowest BCUT2D eigenvalue weighted by molar-refractivity contribution is 1.58. The quantitative estimate of drug-likeness (QED) is 0.105. The van der Waals surface area contributed by atoms with E-state index in [1.807, 2.05) is 48.5 Å². The van der Waals surface area contributed by atoms with Crippen LogP contribution in [0.15, 0.2) is 243 Å². The summed E-state index contributed by atoms with van der Waals surface area (Å²) in [6, 6.07) is 83.6. The molecule has 8 aromatic rings. The molecule has 2 heterocycles. The van der Waals surface area contributed by atoms with Crippen molar-refractivity contribution in [3.63, 3.8) is 0 Å². The Bertz CT molecular complexity index is 2860. The molecule has 0 spiro atoms. The number of hydrogen-bond donors (Lipinski definition) is 0. The molecule has 66 heavy (non-hydrogen) atoms. The first-order valence-electron chi connectivity index (χ1n) is 21.9. The van der Waals surface area contributed by atoms with Crippen LogP contribution in [0.25, 0.3) is 43.1 Å². The molecule has 0 nitrogen and oxygen atoms in total. The number of rotatable bonds is 8. The van der Waals surface area contributed by atoms with Gasteiger partial charge in [0.05, 0.1) is 0 Å². The standard InChI is InChI=1S/2C32H22Si/c2*1-3-33(4-2)31(27-21-13-7-14-22-27)29(25-17-9-5-10-18-25)30(26-19-11-6-12-20-26)32(33)28-23-15-8-16-24-28/h2*1-2,5-24H. The molecule has 0 N–H and O–H groups in total. The van der Waals surface area contributed by atoms with Gasteiger partial charge in [-0.05, 0) is 87.6 Å². The van der Waals surface area contributed by atoms with E-state index in [9.17, 15) is 0 Å². The van der Waals surface area contributed by atoms with E-state index in [-0.39, 0.29) is 0 Å². The Balaban J connectivity index is 0.000000166. The lowest BCUT2D eigenvalue weighted by Gasteiger charge is -2.23. The Morgan fingerprint density at radius 2 is 0.333 bits per heavy atom. The van der Waals surface area contributed by atoms with E-state index < -0.39 is 16.1 Å². The molecule has 0 bridgehead atoms. The lowest BCUT2D eigenvalue weighted by Crippen LogP contribution is -2.34. The van der Waals surface area contributed by atoms with Crippen LogP contribution in [0.4, 0.5) is 0 Å². The van der Waals surface area contributed by atoms with Crippen LogP contribution in [0.3, 0.4) is 0 Å². The fourth-order valence-corrected chi connectivity index (χ4v) is 16.4. The Morgan fingerprint density at radius 3 is 0.470 bits per heavy atom. The summed E-state index contributed by atoms with van der Waals surface area (Å²) in [7, 11) is -6.00. The second-order valence-corrected chi connectivity index (χ2v) is 22.2. The van der Waals surface area contributed by atoms with E-state index in [0.717, 1.165) is 87.6 Å². The maximum absolute atomic E-state index is 6.42. The van der Waals surface area contributed by atoms with Crippen LogP contribution in [0, 0.1) is 47.9 Å². The molecular weight excluding hydrogens is 825 g/mol. The number of allylic oxidation sites excluding steroid dienone is 4. The molecule has 0 aromatic heterocycles. The summed E-state index contributed by atoms with van der Waals surface area (Å²) in [4.78, 5) is 0. The smallest absolute Gasteiger partial charge is 0.125 e. The minimum atomic E-state index is -3.00. The van der Waals surface area contributed by atoms with Crippen molar-refractivity contribution in [3.05, 3.63) is 287 Å². The van der Waals surface area contributed by atoms with Gasteiger partial charge in [-0.15, -0.1) is 47.9 Å². The summed E-state index contributed by atoms with van der Waals surface area (Å²) in [5.41, 5.74) is 26.3. The van der Waals surface area contributed by atoms with Gasteiger partial charge in [-0.3, -0.25) is 0 Å². The van der Waals surface area contributed by atoms with Gasteiger partial charge in [-0.2, -0.15) is 0 Å². The van der Waals surface area contributed by atoms with E-state index in [2.05, 4.69) is 216 Å². The normalized spacial score (nSPS) is 14.6. The van der Waals surface area contributed by atoms with Crippen LogP contribution in [-0.2, 0) is 0 Å². The molecule has 0 amide bonds. The summed E-state index contributed by atoms with van der Waals surface area (Å²) in [6.45, 7) is 0. The second-order valence-electron chi connectivity index (χ2n) is 16.0. The monoisotopic (exact) mass is 868 g/mol. The predicted molar refractivity (Wildman–Crippen MR) is 286 cm³/mol. The van der Waals surface area contributed by atoms with Gasteiger partial charge in [-0.25, -0.2) is 0 Å². The topological polar surface area (TPSA) is 0 Å². The first-order chi connectivity index (χ1) is 32.6. The van der Waals surface area contributed by atoms with Gasteiger partial charge in [0.1, 0.15) is 0 Å². The molecule has 10 rings (SSSR count). The first-order valence-corrected chi connectivity index (χ1v) is 25.9. The molecule has 0 atom stereocenters. The lowest BCUT2D eigenvalue weighted by atomic mass is 9.89. The average molecular weight is 869 g/mol. The Labute approximate surface area is 392 Å². The Kier molecular flexibility index (Phi) is 12.3. The molecular formula is C64H44Si2. The fraction of sp³-hybridized carbons (Fsp3) is 0. The van der Waals surface area contributed by atoms with Crippen molar-refractivity contribution in [3.8, 4) is 47.9 Å². The van der Waals surface area contributed by atoms with Crippen molar-refractivity contribution in [1.29, 1.82) is 0 Å². The van der Waals surface area contributed by atoms with Gasteiger partial charge >= 0.3 is 0 Å². The van der Waals surface area contributed by atoms with Crippen LogP contribution in [0.1, 0.15) is 44.5 Å². The van der Waals surface area contributed by atoms with Crippen molar-refractivity contribution in [2.45, 2.75) is 0 Å². The van der Waals surface area contributed by atoms with Crippen molar-refractivity contribution >= 4 is 59.2 Å². The van der Waals surface area contributed by atoms with Gasteiger partial charge in [0.15, 0.2) is 0 Å². The summed E-state index contributed by atoms with van der Waals surface area (Å²) in [5, 5.41) is 4.49. The molecule has 2 aliphatic rings. The first kappa shape index (κ1) is 42.7. The molecule has 308 valence electrons. The van der Waals surface area contributed by atoms with Crippen LogP contribution < -0.4 is 0 Å². The number of hydrogen-bond acceptors (Lipinski definition) is 0. The molecule has 0 unspecified atom stereocenters. The maximum Gasteiger partial charge on any atom is 0.277 e. The van der Waals surface area contributed by atoms with Gasteiger partial charge in [0.2, 0.25) is 0 Å². The Hall–Kier alpha value is -8.61. The van der Waals surface area contributed by atoms with E-state index in [1.54, 1.807) is 0 Å². The van der Waals surface area contributed by atoms with E-state index in [0.29, 0.717) is 0 Å². The van der Waals surface area contributed by atoms with E-state index in [1.165, 1.54) is 0 Å². The summed E-state index contributed by atoms with van der Waals surface area (Å²) < 4.78 is 0. The largest absolute Gasteiger partial charge is 0.277 e. The van der Waals surface area contributed by atoms with Gasteiger partial charge < -0.3 is 0 Å².